The fourth-order valence-corrected chi connectivity index (χ4v) is 6.36. The van der Waals surface area contributed by atoms with E-state index in [1.807, 2.05) is 52.0 Å². The number of benzene rings is 3. The van der Waals surface area contributed by atoms with Crippen LogP contribution in [-0.2, 0) is 26.2 Å². The van der Waals surface area contributed by atoms with Crippen molar-refractivity contribution in [3.63, 3.8) is 0 Å². The van der Waals surface area contributed by atoms with E-state index in [1.54, 1.807) is 37.3 Å². The molecule has 3 aromatic carbocycles. The van der Waals surface area contributed by atoms with Gasteiger partial charge in [-0.3, -0.25) is 13.9 Å². The molecule has 2 amide bonds. The number of anilines is 1. The topological polar surface area (TPSA) is 96.0 Å². The molecule has 2 atom stereocenters. The van der Waals surface area contributed by atoms with E-state index in [1.165, 1.54) is 24.1 Å². The molecule has 0 aliphatic heterocycles. The molecule has 220 valence electrons. The average molecular weight is 645 g/mol. The second-order valence-corrected chi connectivity index (χ2v) is 12.9. The zero-order valence-electron chi connectivity index (χ0n) is 24.3. The van der Waals surface area contributed by atoms with Gasteiger partial charge in [0, 0.05) is 12.6 Å². The maximum absolute atomic E-state index is 14.0. The molecule has 0 saturated carbocycles. The van der Waals surface area contributed by atoms with Crippen molar-refractivity contribution in [2.24, 2.45) is 0 Å². The molecule has 0 heterocycles. The molecular formula is C31H38BrN3O5S. The Morgan fingerprint density at radius 1 is 0.976 bits per heavy atom. The number of aryl methyl sites for hydroxylation is 2. The van der Waals surface area contributed by atoms with Gasteiger partial charge in [-0.2, -0.15) is 0 Å². The van der Waals surface area contributed by atoms with Gasteiger partial charge in [0.15, 0.2) is 0 Å². The summed E-state index contributed by atoms with van der Waals surface area (Å²) in [7, 11) is -2.70. The minimum absolute atomic E-state index is 0.00801. The van der Waals surface area contributed by atoms with Gasteiger partial charge in [0.25, 0.3) is 10.0 Å². The van der Waals surface area contributed by atoms with Crippen LogP contribution < -0.4 is 14.4 Å². The van der Waals surface area contributed by atoms with Crippen LogP contribution in [0.25, 0.3) is 0 Å². The monoisotopic (exact) mass is 643 g/mol. The molecule has 0 saturated heterocycles. The van der Waals surface area contributed by atoms with E-state index in [0.29, 0.717) is 15.9 Å². The van der Waals surface area contributed by atoms with Gasteiger partial charge < -0.3 is 15.0 Å². The Balaban J connectivity index is 2.05. The SMILES string of the molecule is CCC(C)NC(=O)C(C)N(Cc1cccc(C)c1)C(=O)CN(c1ccc(C)cc1)S(=O)(=O)c1ccc(OC)c(Br)c1. The van der Waals surface area contributed by atoms with Crippen molar-refractivity contribution in [2.45, 2.75) is 64.6 Å². The average Bonchev–Trinajstić information content (AvgIpc) is 2.94. The highest BCUT2D eigenvalue weighted by molar-refractivity contribution is 9.10. The predicted molar refractivity (Wildman–Crippen MR) is 165 cm³/mol. The number of hydrogen-bond donors (Lipinski definition) is 1. The zero-order chi connectivity index (χ0) is 30.3. The van der Waals surface area contributed by atoms with E-state index in [0.717, 1.165) is 27.4 Å². The summed E-state index contributed by atoms with van der Waals surface area (Å²) >= 11 is 3.36. The van der Waals surface area contributed by atoms with Gasteiger partial charge in [0.2, 0.25) is 11.8 Å². The van der Waals surface area contributed by atoms with E-state index in [4.69, 9.17) is 4.74 Å². The Kier molecular flexibility index (Phi) is 11.0. The molecule has 0 fully saturated rings. The minimum Gasteiger partial charge on any atom is -0.496 e. The van der Waals surface area contributed by atoms with E-state index >= 15 is 0 Å². The third-order valence-corrected chi connectivity index (χ3v) is 9.31. The van der Waals surface area contributed by atoms with Crippen LogP contribution in [0.4, 0.5) is 5.69 Å². The molecule has 0 spiro atoms. The normalized spacial score (nSPS) is 12.8. The Labute approximate surface area is 251 Å². The Bertz CT molecular complexity index is 1480. The highest BCUT2D eigenvalue weighted by Gasteiger charge is 2.33. The lowest BCUT2D eigenvalue weighted by molar-refractivity contribution is -0.139. The number of ether oxygens (including phenoxy) is 1. The third-order valence-electron chi connectivity index (χ3n) is 6.92. The number of sulfonamides is 1. The van der Waals surface area contributed by atoms with Crippen molar-refractivity contribution < 1.29 is 22.7 Å². The van der Waals surface area contributed by atoms with E-state index in [2.05, 4.69) is 21.2 Å². The summed E-state index contributed by atoms with van der Waals surface area (Å²) in [4.78, 5) is 28.6. The largest absolute Gasteiger partial charge is 0.496 e. The lowest BCUT2D eigenvalue weighted by Crippen LogP contribution is -2.52. The lowest BCUT2D eigenvalue weighted by Gasteiger charge is -2.32. The zero-order valence-corrected chi connectivity index (χ0v) is 26.8. The highest BCUT2D eigenvalue weighted by atomic mass is 79.9. The number of carbonyl (C=O) groups excluding carboxylic acids is 2. The minimum atomic E-state index is -4.19. The number of nitrogens with zero attached hydrogens (tertiary/aromatic N) is 2. The van der Waals surface area contributed by atoms with Gasteiger partial charge in [-0.15, -0.1) is 0 Å². The van der Waals surface area contributed by atoms with Crippen LogP contribution in [0.2, 0.25) is 0 Å². The number of halogens is 1. The van der Waals surface area contributed by atoms with Crippen molar-refractivity contribution in [3.8, 4) is 5.75 Å². The number of rotatable bonds is 12. The van der Waals surface area contributed by atoms with E-state index in [-0.39, 0.29) is 23.4 Å². The molecule has 0 aliphatic rings. The first-order valence-electron chi connectivity index (χ1n) is 13.5. The summed E-state index contributed by atoms with van der Waals surface area (Å²) in [5.74, 6) is -0.327. The van der Waals surface area contributed by atoms with Crippen LogP contribution in [0.5, 0.6) is 5.75 Å². The lowest BCUT2D eigenvalue weighted by atomic mass is 10.1. The summed E-state index contributed by atoms with van der Waals surface area (Å²) in [6.45, 7) is 9.02. The molecule has 1 N–H and O–H groups in total. The summed E-state index contributed by atoms with van der Waals surface area (Å²) in [6.07, 6.45) is 0.737. The number of amides is 2. The van der Waals surface area contributed by atoms with Crippen molar-refractivity contribution >= 4 is 43.5 Å². The molecule has 0 radical (unpaired) electrons. The van der Waals surface area contributed by atoms with Gasteiger partial charge in [0.05, 0.1) is 22.2 Å². The quantitative estimate of drug-likeness (QED) is 0.277. The van der Waals surface area contributed by atoms with Crippen molar-refractivity contribution in [3.05, 3.63) is 87.9 Å². The fourth-order valence-electron chi connectivity index (χ4n) is 4.23. The van der Waals surface area contributed by atoms with Crippen LogP contribution in [0.3, 0.4) is 0 Å². The fraction of sp³-hybridized carbons (Fsp3) is 0.355. The van der Waals surface area contributed by atoms with E-state index in [9.17, 15) is 18.0 Å². The molecule has 41 heavy (non-hydrogen) atoms. The van der Waals surface area contributed by atoms with Crippen molar-refractivity contribution in [2.75, 3.05) is 18.0 Å². The molecule has 2 unspecified atom stereocenters. The second kappa shape index (κ2) is 14.0. The number of carbonyl (C=O) groups is 2. The summed E-state index contributed by atoms with van der Waals surface area (Å²) in [5.41, 5.74) is 3.13. The van der Waals surface area contributed by atoms with Crippen LogP contribution in [-0.4, -0.2) is 50.9 Å². The molecule has 10 heteroatoms. The Morgan fingerprint density at radius 2 is 1.66 bits per heavy atom. The molecular weight excluding hydrogens is 606 g/mol. The maximum atomic E-state index is 14.0. The van der Waals surface area contributed by atoms with Crippen molar-refractivity contribution in [1.29, 1.82) is 0 Å². The Hall–Kier alpha value is -3.37. The third kappa shape index (κ3) is 8.10. The summed E-state index contributed by atoms with van der Waals surface area (Å²) < 4.78 is 34.9. The van der Waals surface area contributed by atoms with E-state index < -0.39 is 28.5 Å². The van der Waals surface area contributed by atoms with Crippen LogP contribution >= 0.6 is 15.9 Å². The van der Waals surface area contributed by atoms with Crippen molar-refractivity contribution in [1.82, 2.24) is 10.2 Å². The first-order valence-corrected chi connectivity index (χ1v) is 15.7. The Morgan fingerprint density at radius 3 is 2.24 bits per heavy atom. The maximum Gasteiger partial charge on any atom is 0.264 e. The van der Waals surface area contributed by atoms with Gasteiger partial charge in [-0.1, -0.05) is 54.4 Å². The number of methoxy groups -OCH3 is 1. The summed E-state index contributed by atoms with van der Waals surface area (Å²) in [5, 5.41) is 2.94. The molecule has 8 nitrogen and oxygen atoms in total. The van der Waals surface area contributed by atoms with Gasteiger partial charge in [-0.25, -0.2) is 8.42 Å². The predicted octanol–water partition coefficient (Wildman–Crippen LogP) is 5.60. The number of nitrogens with one attached hydrogen (secondary N) is 1. The van der Waals surface area contributed by atoms with Gasteiger partial charge in [0.1, 0.15) is 18.3 Å². The highest BCUT2D eigenvalue weighted by Crippen LogP contribution is 2.31. The smallest absolute Gasteiger partial charge is 0.264 e. The molecule has 3 aromatic rings. The molecule has 3 rings (SSSR count). The van der Waals surface area contributed by atoms with Gasteiger partial charge >= 0.3 is 0 Å². The van der Waals surface area contributed by atoms with Crippen LogP contribution in [0, 0.1) is 13.8 Å². The number of hydrogen-bond acceptors (Lipinski definition) is 5. The standard InChI is InChI=1S/C31H38BrN3O5S/c1-7-23(4)33-31(37)24(5)34(19-25-10-8-9-22(3)17-25)30(36)20-35(26-13-11-21(2)12-14-26)41(38,39)27-15-16-29(40-6)28(32)18-27/h8-18,23-24H,7,19-20H2,1-6H3,(H,33,37). The summed E-state index contributed by atoms with van der Waals surface area (Å²) in [6, 6.07) is 18.1. The van der Waals surface area contributed by atoms with Gasteiger partial charge in [-0.05, 0) is 85.9 Å². The second-order valence-electron chi connectivity index (χ2n) is 10.1. The first kappa shape index (κ1) is 32.1. The van der Waals surface area contributed by atoms with Crippen LogP contribution in [0.1, 0.15) is 43.9 Å². The molecule has 0 bridgehead atoms. The van der Waals surface area contributed by atoms with Crippen LogP contribution in [0.15, 0.2) is 76.1 Å². The molecule has 0 aromatic heterocycles. The molecule has 0 aliphatic carbocycles. The first-order chi connectivity index (χ1) is 19.4.